The molecular weight excluding hydrogens is 160 g/mol. The van der Waals surface area contributed by atoms with E-state index < -0.39 is 0 Å². The second-order valence-electron chi connectivity index (χ2n) is 2.89. The number of rotatable bonds is 3. The predicted molar refractivity (Wildman–Crippen MR) is 42.1 cm³/mol. The van der Waals surface area contributed by atoms with Crippen LogP contribution in [0.25, 0.3) is 0 Å². The number of nitrogens with one attached hydrogen (secondary N) is 1. The van der Waals surface area contributed by atoms with Gasteiger partial charge in [0.1, 0.15) is 0 Å². The first-order chi connectivity index (χ1) is 5.72. The highest BCUT2D eigenvalue weighted by atomic mass is 16.7. The minimum absolute atomic E-state index is 0.186. The average Bonchev–Trinajstić information content (AvgIpc) is 2.36. The Balaban J connectivity index is 2.41. The van der Waals surface area contributed by atoms with Gasteiger partial charge in [-0.2, -0.15) is 0 Å². The van der Waals surface area contributed by atoms with Crippen LogP contribution in [0.15, 0.2) is 22.5 Å². The Hall–Kier alpha value is -1.30. The molecule has 68 valence electrons. The van der Waals surface area contributed by atoms with Gasteiger partial charge in [-0.05, 0) is 5.92 Å². The maximum atomic E-state index is 9.71. The zero-order valence-electron chi connectivity index (χ0n) is 7.02. The van der Waals surface area contributed by atoms with Gasteiger partial charge in [-0.15, -0.1) is 5.11 Å². The molecule has 1 aliphatic heterocycles. The smallest absolute Gasteiger partial charge is 0.275 e. The van der Waals surface area contributed by atoms with Crippen molar-refractivity contribution in [2.75, 3.05) is 6.54 Å². The quantitative estimate of drug-likeness (QED) is 0.510. The van der Waals surface area contributed by atoms with E-state index in [9.17, 15) is 5.21 Å². The second-order valence-corrected chi connectivity index (χ2v) is 2.89. The molecule has 0 saturated carbocycles. The molecule has 0 aromatic carbocycles. The first-order valence-electron chi connectivity index (χ1n) is 3.66. The molecule has 0 atom stereocenters. The Morgan fingerprint density at radius 1 is 1.75 bits per heavy atom. The molecule has 0 spiro atoms. The van der Waals surface area contributed by atoms with Gasteiger partial charge >= 0.3 is 0 Å². The van der Waals surface area contributed by atoms with Crippen LogP contribution in [0.4, 0.5) is 0 Å². The Labute approximate surface area is 70.4 Å². The van der Waals surface area contributed by atoms with Crippen molar-refractivity contribution >= 4 is 0 Å². The Bertz CT molecular complexity index is 202. The lowest BCUT2D eigenvalue weighted by atomic mass is 10.2. The van der Waals surface area contributed by atoms with Crippen molar-refractivity contribution in [1.82, 2.24) is 10.6 Å². The van der Waals surface area contributed by atoms with Crippen LogP contribution in [0, 0.1) is 11.1 Å². The predicted octanol–water partition coefficient (Wildman–Crippen LogP) is 1.14. The highest BCUT2D eigenvalue weighted by molar-refractivity contribution is 4.91. The molecule has 1 aliphatic rings. The Morgan fingerprint density at radius 2 is 2.50 bits per heavy atom. The molecule has 1 rings (SSSR count). The summed E-state index contributed by atoms with van der Waals surface area (Å²) in [5.74, 6) is 0.687. The number of hydrogen-bond donors (Lipinski definition) is 1. The van der Waals surface area contributed by atoms with Crippen LogP contribution in [0.5, 0.6) is 0 Å². The molecule has 0 amide bonds. The van der Waals surface area contributed by atoms with Crippen LogP contribution in [-0.2, 0) is 4.84 Å². The molecule has 0 radical (unpaired) electrons. The average molecular weight is 171 g/mol. The van der Waals surface area contributed by atoms with Gasteiger partial charge in [0.25, 0.3) is 5.88 Å². The fraction of sp³-hybridized carbons (Fsp3) is 0.667. The standard InChI is InChI=1S/C6H12N4O2/c1-5(2)3-10-4-6(7-8-11)12-9-10/h4-5,9H,3H2,1-2H3,(H,7,11)/p-1. The van der Waals surface area contributed by atoms with Crippen molar-refractivity contribution in [3.05, 3.63) is 17.3 Å². The minimum Gasteiger partial charge on any atom is -0.775 e. The Morgan fingerprint density at radius 3 is 3.08 bits per heavy atom. The summed E-state index contributed by atoms with van der Waals surface area (Å²) in [6.07, 6.45) is 1.58. The lowest BCUT2D eigenvalue weighted by Gasteiger charge is -2.14. The van der Waals surface area contributed by atoms with Crippen LogP contribution in [0.1, 0.15) is 13.8 Å². The van der Waals surface area contributed by atoms with Crippen LogP contribution in [0.2, 0.25) is 0 Å². The molecule has 0 unspecified atom stereocenters. The molecule has 12 heavy (non-hydrogen) atoms. The largest absolute Gasteiger partial charge is 0.775 e. The monoisotopic (exact) mass is 171 g/mol. The summed E-state index contributed by atoms with van der Waals surface area (Å²) in [6, 6.07) is 0. The fourth-order valence-corrected chi connectivity index (χ4v) is 0.861. The molecular formula is C6H11N4O2-. The van der Waals surface area contributed by atoms with E-state index in [0.717, 1.165) is 6.54 Å². The lowest BCUT2D eigenvalue weighted by Crippen LogP contribution is -2.30. The van der Waals surface area contributed by atoms with Crippen molar-refractivity contribution < 1.29 is 4.84 Å². The summed E-state index contributed by atoms with van der Waals surface area (Å²) < 4.78 is 0. The summed E-state index contributed by atoms with van der Waals surface area (Å²) >= 11 is 0. The second kappa shape index (κ2) is 3.91. The number of hydrogen-bond acceptors (Lipinski definition) is 6. The van der Waals surface area contributed by atoms with E-state index in [2.05, 4.69) is 29.8 Å². The van der Waals surface area contributed by atoms with Gasteiger partial charge in [-0.25, -0.2) is 5.28 Å². The van der Waals surface area contributed by atoms with E-state index in [0.29, 0.717) is 5.92 Å². The third-order valence-corrected chi connectivity index (χ3v) is 1.23. The zero-order valence-corrected chi connectivity index (χ0v) is 7.02. The summed E-state index contributed by atoms with van der Waals surface area (Å²) in [5, 5.41) is 16.9. The molecule has 0 fully saturated rings. The maximum Gasteiger partial charge on any atom is 0.275 e. The van der Waals surface area contributed by atoms with Crippen LogP contribution < -0.4 is 5.59 Å². The summed E-state index contributed by atoms with van der Waals surface area (Å²) in [6.45, 7) is 4.93. The van der Waals surface area contributed by atoms with E-state index in [-0.39, 0.29) is 5.88 Å². The summed E-state index contributed by atoms with van der Waals surface area (Å²) in [4.78, 5) is 4.78. The summed E-state index contributed by atoms with van der Waals surface area (Å²) in [7, 11) is 0. The topological polar surface area (TPSA) is 72.3 Å². The van der Waals surface area contributed by atoms with Gasteiger partial charge in [-0.3, -0.25) is 5.01 Å². The molecule has 1 N–H and O–H groups in total. The Kier molecular flexibility index (Phi) is 2.87. The van der Waals surface area contributed by atoms with Crippen LogP contribution >= 0.6 is 0 Å². The van der Waals surface area contributed by atoms with Gasteiger partial charge in [-0.1, -0.05) is 19.4 Å². The van der Waals surface area contributed by atoms with Gasteiger partial charge in [0, 0.05) is 6.54 Å². The molecule has 1 heterocycles. The molecule has 0 aromatic rings. The third kappa shape index (κ3) is 2.39. The first-order valence-corrected chi connectivity index (χ1v) is 3.66. The fourth-order valence-electron chi connectivity index (χ4n) is 0.861. The van der Waals surface area contributed by atoms with E-state index in [1.807, 2.05) is 0 Å². The number of hydrazine groups is 1. The number of nitrogens with zero attached hydrogens (tertiary/aromatic N) is 3. The lowest BCUT2D eigenvalue weighted by molar-refractivity contribution is 0.0149. The third-order valence-electron chi connectivity index (χ3n) is 1.23. The van der Waals surface area contributed by atoms with Crippen LogP contribution in [-0.4, -0.2) is 11.6 Å². The van der Waals surface area contributed by atoms with Crippen molar-refractivity contribution in [3.63, 3.8) is 0 Å². The minimum atomic E-state index is 0.186. The van der Waals surface area contributed by atoms with Crippen molar-refractivity contribution in [1.29, 1.82) is 0 Å². The van der Waals surface area contributed by atoms with Crippen molar-refractivity contribution in [3.8, 4) is 0 Å². The summed E-state index contributed by atoms with van der Waals surface area (Å²) in [5.41, 5.74) is 2.57. The molecule has 0 aromatic heterocycles. The van der Waals surface area contributed by atoms with Crippen molar-refractivity contribution in [2.45, 2.75) is 13.8 Å². The van der Waals surface area contributed by atoms with Gasteiger partial charge in [0.05, 0.1) is 6.20 Å². The van der Waals surface area contributed by atoms with Gasteiger partial charge in [0.15, 0.2) is 0 Å². The molecule has 0 aliphatic carbocycles. The SMILES string of the molecule is CC(C)CN1C=C(/N=N/[O-])ON1. The van der Waals surface area contributed by atoms with E-state index in [4.69, 9.17) is 4.84 Å². The molecule has 0 bridgehead atoms. The molecule has 6 heteroatoms. The highest BCUT2D eigenvalue weighted by Gasteiger charge is 2.12. The van der Waals surface area contributed by atoms with E-state index in [1.165, 1.54) is 0 Å². The van der Waals surface area contributed by atoms with Gasteiger partial charge < -0.3 is 10.0 Å². The molecule has 6 nitrogen and oxygen atoms in total. The van der Waals surface area contributed by atoms with Crippen molar-refractivity contribution in [2.24, 2.45) is 16.3 Å². The normalized spacial score (nSPS) is 17.2. The van der Waals surface area contributed by atoms with E-state index in [1.54, 1.807) is 11.2 Å². The zero-order chi connectivity index (χ0) is 8.97. The molecule has 0 saturated heterocycles. The van der Waals surface area contributed by atoms with E-state index >= 15 is 0 Å². The first kappa shape index (κ1) is 8.79. The van der Waals surface area contributed by atoms with Gasteiger partial charge in [0.2, 0.25) is 0 Å². The maximum absolute atomic E-state index is 9.71. The highest BCUT2D eigenvalue weighted by Crippen LogP contribution is 2.09. The van der Waals surface area contributed by atoms with Crippen LogP contribution in [0.3, 0.4) is 0 Å².